The van der Waals surface area contributed by atoms with E-state index in [-0.39, 0.29) is 5.56 Å². The van der Waals surface area contributed by atoms with E-state index in [9.17, 15) is 14.1 Å². The number of aryl methyl sites for hydroxylation is 3. The topological polar surface area (TPSA) is 54.4 Å². The summed E-state index contributed by atoms with van der Waals surface area (Å²) in [4.78, 5) is 11.6. The fraction of sp³-hybridized carbons (Fsp3) is 0.235. The van der Waals surface area contributed by atoms with Gasteiger partial charge in [-0.05, 0) is 49.6 Å². The lowest BCUT2D eigenvalue weighted by molar-refractivity contribution is 0.0693. The van der Waals surface area contributed by atoms with Crippen molar-refractivity contribution in [3.63, 3.8) is 0 Å². The third-order valence-electron chi connectivity index (χ3n) is 3.48. The third-order valence-corrected chi connectivity index (χ3v) is 4.88. The molecule has 4 heteroatoms. The Morgan fingerprint density at radius 2 is 1.67 bits per heavy atom. The predicted octanol–water partition coefficient (Wildman–Crippen LogP) is 3.62. The van der Waals surface area contributed by atoms with Crippen molar-refractivity contribution in [1.82, 2.24) is 0 Å². The predicted molar refractivity (Wildman–Crippen MR) is 84.2 cm³/mol. The highest BCUT2D eigenvalue weighted by Crippen LogP contribution is 2.22. The van der Waals surface area contributed by atoms with Crippen molar-refractivity contribution in [2.75, 3.05) is 0 Å². The van der Waals surface area contributed by atoms with Crippen LogP contribution in [0.3, 0.4) is 0 Å². The summed E-state index contributed by atoms with van der Waals surface area (Å²) in [5.74, 6) is -0.710. The van der Waals surface area contributed by atoms with Gasteiger partial charge in [-0.1, -0.05) is 29.8 Å². The molecule has 0 aliphatic heterocycles. The first-order valence-electron chi connectivity index (χ1n) is 6.67. The maximum Gasteiger partial charge on any atom is 0.336 e. The molecule has 0 heterocycles. The van der Waals surface area contributed by atoms with E-state index < -0.39 is 16.8 Å². The van der Waals surface area contributed by atoms with Gasteiger partial charge < -0.3 is 5.11 Å². The quantitative estimate of drug-likeness (QED) is 0.938. The first-order valence-corrected chi connectivity index (χ1v) is 7.99. The molecule has 0 spiro atoms. The van der Waals surface area contributed by atoms with Crippen LogP contribution in [0, 0.1) is 20.8 Å². The molecule has 1 N–H and O–H groups in total. The Morgan fingerprint density at radius 3 is 2.24 bits per heavy atom. The zero-order valence-electron chi connectivity index (χ0n) is 12.3. The standard InChI is InChI=1S/C17H18O3S/c1-11-8-12(2)15(13(3)9-11)10-21(20)16-7-5-4-6-14(16)17(18)19/h4-9H,10H2,1-3H3,(H,18,19). The summed E-state index contributed by atoms with van der Waals surface area (Å²) >= 11 is 0. The summed E-state index contributed by atoms with van der Waals surface area (Å²) in [7, 11) is -1.37. The average Bonchev–Trinajstić information content (AvgIpc) is 2.42. The molecule has 110 valence electrons. The average molecular weight is 302 g/mol. The van der Waals surface area contributed by atoms with Crippen LogP contribution in [0.5, 0.6) is 0 Å². The first kappa shape index (κ1) is 15.4. The highest BCUT2D eigenvalue weighted by atomic mass is 32.2. The van der Waals surface area contributed by atoms with Gasteiger partial charge in [-0.3, -0.25) is 4.21 Å². The van der Waals surface area contributed by atoms with E-state index in [1.54, 1.807) is 18.2 Å². The number of hydrogen-bond donors (Lipinski definition) is 1. The molecule has 0 aromatic heterocycles. The van der Waals surface area contributed by atoms with Gasteiger partial charge in [0.25, 0.3) is 0 Å². The lowest BCUT2D eigenvalue weighted by atomic mass is 10.0. The second kappa shape index (κ2) is 6.22. The van der Waals surface area contributed by atoms with Crippen molar-refractivity contribution in [3.05, 3.63) is 64.2 Å². The minimum Gasteiger partial charge on any atom is -0.478 e. The van der Waals surface area contributed by atoms with Crippen LogP contribution in [-0.4, -0.2) is 15.3 Å². The van der Waals surface area contributed by atoms with Crippen molar-refractivity contribution in [1.29, 1.82) is 0 Å². The molecule has 3 nitrogen and oxygen atoms in total. The third kappa shape index (κ3) is 3.39. The zero-order valence-corrected chi connectivity index (χ0v) is 13.2. The van der Waals surface area contributed by atoms with Crippen molar-refractivity contribution in [2.45, 2.75) is 31.4 Å². The van der Waals surface area contributed by atoms with Gasteiger partial charge in [-0.25, -0.2) is 4.79 Å². The van der Waals surface area contributed by atoms with E-state index in [1.165, 1.54) is 11.6 Å². The Balaban J connectivity index is 2.38. The molecular weight excluding hydrogens is 284 g/mol. The van der Waals surface area contributed by atoms with Gasteiger partial charge in [-0.15, -0.1) is 0 Å². The lowest BCUT2D eigenvalue weighted by Gasteiger charge is -2.12. The summed E-state index contributed by atoms with van der Waals surface area (Å²) in [6, 6.07) is 10.6. The monoisotopic (exact) mass is 302 g/mol. The summed E-state index contributed by atoms with van der Waals surface area (Å²) in [5.41, 5.74) is 4.49. The Morgan fingerprint density at radius 1 is 1.10 bits per heavy atom. The number of carboxylic acids is 1. The number of carboxylic acid groups (broad SMARTS) is 1. The second-order valence-corrected chi connectivity index (χ2v) is 6.59. The molecule has 1 unspecified atom stereocenters. The van der Waals surface area contributed by atoms with E-state index in [4.69, 9.17) is 0 Å². The maximum absolute atomic E-state index is 12.6. The molecule has 0 saturated carbocycles. The molecule has 2 aromatic carbocycles. The molecule has 2 rings (SSSR count). The van der Waals surface area contributed by atoms with Crippen LogP contribution < -0.4 is 0 Å². The Bertz CT molecular complexity index is 697. The van der Waals surface area contributed by atoms with Gasteiger partial charge in [0.05, 0.1) is 27.0 Å². The Kier molecular flexibility index (Phi) is 4.58. The molecule has 21 heavy (non-hydrogen) atoms. The molecule has 1 atom stereocenters. The van der Waals surface area contributed by atoms with Crippen LogP contribution in [-0.2, 0) is 16.6 Å². The number of hydrogen-bond acceptors (Lipinski definition) is 2. The molecule has 2 aromatic rings. The molecule has 0 radical (unpaired) electrons. The zero-order chi connectivity index (χ0) is 15.6. The molecule has 0 amide bonds. The molecule has 0 bridgehead atoms. The Hall–Kier alpha value is -1.94. The second-order valence-electron chi connectivity index (χ2n) is 5.17. The minimum absolute atomic E-state index is 0.109. The van der Waals surface area contributed by atoms with E-state index in [2.05, 4.69) is 12.1 Å². The van der Waals surface area contributed by atoms with Gasteiger partial charge in [0, 0.05) is 0 Å². The molecule has 0 saturated heterocycles. The molecule has 0 aliphatic rings. The van der Waals surface area contributed by atoms with E-state index in [1.807, 2.05) is 20.8 Å². The summed E-state index contributed by atoms with van der Waals surface area (Å²) in [6.07, 6.45) is 0. The summed E-state index contributed by atoms with van der Waals surface area (Å²) < 4.78 is 12.6. The van der Waals surface area contributed by atoms with Gasteiger partial charge in [-0.2, -0.15) is 0 Å². The van der Waals surface area contributed by atoms with Crippen LogP contribution in [0.1, 0.15) is 32.6 Å². The lowest BCUT2D eigenvalue weighted by Crippen LogP contribution is -2.07. The first-order chi connectivity index (χ1) is 9.90. The van der Waals surface area contributed by atoms with Crippen LogP contribution in [0.15, 0.2) is 41.3 Å². The fourth-order valence-corrected chi connectivity index (χ4v) is 3.99. The smallest absolute Gasteiger partial charge is 0.336 e. The number of rotatable bonds is 4. The molecular formula is C17H18O3S. The summed E-state index contributed by atoms with van der Waals surface area (Å²) in [6.45, 7) is 6.02. The van der Waals surface area contributed by atoms with E-state index in [0.29, 0.717) is 10.6 Å². The van der Waals surface area contributed by atoms with Gasteiger partial charge in [0.15, 0.2) is 0 Å². The number of benzene rings is 2. The molecule has 0 aliphatic carbocycles. The van der Waals surface area contributed by atoms with Crippen LogP contribution in [0.25, 0.3) is 0 Å². The van der Waals surface area contributed by atoms with Gasteiger partial charge in [0.1, 0.15) is 0 Å². The maximum atomic E-state index is 12.6. The van der Waals surface area contributed by atoms with Crippen LogP contribution in [0.4, 0.5) is 0 Å². The SMILES string of the molecule is Cc1cc(C)c(CS(=O)c2ccccc2C(=O)O)c(C)c1. The van der Waals surface area contributed by atoms with Crippen molar-refractivity contribution in [2.24, 2.45) is 0 Å². The normalized spacial score (nSPS) is 12.1. The minimum atomic E-state index is -1.37. The molecule has 0 fully saturated rings. The largest absolute Gasteiger partial charge is 0.478 e. The van der Waals surface area contributed by atoms with Gasteiger partial charge in [0.2, 0.25) is 0 Å². The summed E-state index contributed by atoms with van der Waals surface area (Å²) in [5, 5.41) is 9.19. The fourth-order valence-electron chi connectivity index (χ4n) is 2.49. The number of aromatic carboxylic acids is 1. The Labute approximate surface area is 127 Å². The van der Waals surface area contributed by atoms with Crippen molar-refractivity contribution < 1.29 is 14.1 Å². The van der Waals surface area contributed by atoms with Crippen LogP contribution in [0.2, 0.25) is 0 Å². The highest BCUT2D eigenvalue weighted by molar-refractivity contribution is 7.84. The van der Waals surface area contributed by atoms with Crippen molar-refractivity contribution in [3.8, 4) is 0 Å². The van der Waals surface area contributed by atoms with Gasteiger partial charge >= 0.3 is 5.97 Å². The van der Waals surface area contributed by atoms with E-state index in [0.717, 1.165) is 16.7 Å². The van der Waals surface area contributed by atoms with Crippen LogP contribution >= 0.6 is 0 Å². The van der Waals surface area contributed by atoms with Crippen molar-refractivity contribution >= 4 is 16.8 Å². The highest BCUT2D eigenvalue weighted by Gasteiger charge is 2.16. The number of carbonyl (C=O) groups is 1. The van der Waals surface area contributed by atoms with E-state index >= 15 is 0 Å².